The molecular formula is C34H32N2O4. The SMILES string of the molecule is Cc1ccccc1COc1ccc(/C(O)=C2\C(=O)C(=O)N(Cc3cccnc3)C2c2ccc(C(C)C)cc2)cc1. The van der Waals surface area contributed by atoms with Crippen LogP contribution in [0.15, 0.2) is 103 Å². The van der Waals surface area contributed by atoms with Gasteiger partial charge in [0.1, 0.15) is 18.1 Å². The zero-order valence-corrected chi connectivity index (χ0v) is 22.9. The van der Waals surface area contributed by atoms with Crippen LogP contribution in [0, 0.1) is 6.92 Å². The first-order valence-corrected chi connectivity index (χ1v) is 13.4. The molecule has 1 unspecified atom stereocenters. The maximum atomic E-state index is 13.4. The lowest BCUT2D eigenvalue weighted by atomic mass is 9.93. The molecule has 0 saturated carbocycles. The van der Waals surface area contributed by atoms with Gasteiger partial charge in [-0.25, -0.2) is 0 Å². The predicted molar refractivity (Wildman–Crippen MR) is 155 cm³/mol. The number of aliphatic hydroxyl groups excluding tert-OH is 1. The maximum Gasteiger partial charge on any atom is 0.295 e. The summed E-state index contributed by atoms with van der Waals surface area (Å²) < 4.78 is 5.94. The quantitative estimate of drug-likeness (QED) is 0.155. The summed E-state index contributed by atoms with van der Waals surface area (Å²) in [5.41, 5.74) is 5.44. The molecule has 0 bridgehead atoms. The van der Waals surface area contributed by atoms with E-state index in [1.807, 2.05) is 61.5 Å². The van der Waals surface area contributed by atoms with Crippen molar-refractivity contribution >= 4 is 17.4 Å². The fraction of sp³-hybridized carbons (Fsp3) is 0.206. The third kappa shape index (κ3) is 5.52. The summed E-state index contributed by atoms with van der Waals surface area (Å²) in [5.74, 6) is -0.601. The van der Waals surface area contributed by atoms with E-state index in [-0.39, 0.29) is 17.9 Å². The fourth-order valence-electron chi connectivity index (χ4n) is 4.94. The molecule has 1 N–H and O–H groups in total. The van der Waals surface area contributed by atoms with Gasteiger partial charge in [0.25, 0.3) is 11.7 Å². The maximum absolute atomic E-state index is 13.4. The average Bonchev–Trinajstić information content (AvgIpc) is 3.22. The number of benzene rings is 3. The Morgan fingerprint density at radius 3 is 2.33 bits per heavy atom. The Labute approximate surface area is 234 Å². The number of Topliss-reactive ketones (excluding diaryl/α,β-unsaturated/α-hetero) is 1. The summed E-state index contributed by atoms with van der Waals surface area (Å²) in [6.45, 7) is 6.87. The number of carbonyl (C=O) groups is 2. The normalized spacial score (nSPS) is 16.5. The predicted octanol–water partition coefficient (Wildman–Crippen LogP) is 6.71. The standard InChI is InChI=1S/C34H32N2O4/c1-22(2)25-10-12-26(13-11-25)31-30(33(38)34(39)36(31)20-24-8-6-18-35-19-24)32(37)27-14-16-29(17-15-27)40-21-28-9-5-4-7-23(28)3/h4-19,22,31,37H,20-21H2,1-3H3/b32-30+. The molecule has 1 aliphatic heterocycles. The molecule has 1 aliphatic rings. The largest absolute Gasteiger partial charge is 0.507 e. The molecule has 3 aromatic carbocycles. The summed E-state index contributed by atoms with van der Waals surface area (Å²) in [6.07, 6.45) is 3.34. The van der Waals surface area contributed by atoms with Crippen molar-refractivity contribution in [3.63, 3.8) is 0 Å². The lowest BCUT2D eigenvalue weighted by Gasteiger charge is -2.25. The number of nitrogens with zero attached hydrogens (tertiary/aromatic N) is 2. The molecule has 1 fully saturated rings. The molecule has 202 valence electrons. The van der Waals surface area contributed by atoms with Gasteiger partial charge in [0.05, 0.1) is 11.6 Å². The first-order valence-electron chi connectivity index (χ1n) is 13.4. The number of ketones is 1. The lowest BCUT2D eigenvalue weighted by Crippen LogP contribution is -2.29. The second-order valence-corrected chi connectivity index (χ2v) is 10.3. The molecule has 4 aromatic rings. The molecule has 40 heavy (non-hydrogen) atoms. The topological polar surface area (TPSA) is 79.7 Å². The highest BCUT2D eigenvalue weighted by Crippen LogP contribution is 2.40. The fourth-order valence-corrected chi connectivity index (χ4v) is 4.94. The van der Waals surface area contributed by atoms with Crippen LogP contribution >= 0.6 is 0 Å². The molecular weight excluding hydrogens is 500 g/mol. The van der Waals surface area contributed by atoms with Crippen molar-refractivity contribution in [2.24, 2.45) is 0 Å². The van der Waals surface area contributed by atoms with Crippen molar-refractivity contribution in [3.05, 3.63) is 136 Å². The molecule has 6 heteroatoms. The highest BCUT2D eigenvalue weighted by Gasteiger charge is 2.46. The van der Waals surface area contributed by atoms with E-state index in [9.17, 15) is 14.7 Å². The number of aromatic nitrogens is 1. The minimum atomic E-state index is -0.738. The molecule has 1 saturated heterocycles. The Morgan fingerprint density at radius 2 is 1.68 bits per heavy atom. The number of hydrogen-bond acceptors (Lipinski definition) is 5. The van der Waals surface area contributed by atoms with Gasteiger partial charge in [0, 0.05) is 24.5 Å². The van der Waals surface area contributed by atoms with Crippen LogP contribution in [-0.4, -0.2) is 26.7 Å². The molecule has 2 heterocycles. The Morgan fingerprint density at radius 1 is 0.950 bits per heavy atom. The van der Waals surface area contributed by atoms with Crippen LogP contribution in [0.3, 0.4) is 0 Å². The zero-order chi connectivity index (χ0) is 28.2. The summed E-state index contributed by atoms with van der Waals surface area (Å²) in [4.78, 5) is 32.4. The van der Waals surface area contributed by atoms with Crippen LogP contribution in [0.4, 0.5) is 0 Å². The average molecular weight is 533 g/mol. The Bertz CT molecular complexity index is 1540. The molecule has 0 radical (unpaired) electrons. The van der Waals surface area contributed by atoms with Crippen LogP contribution in [0.25, 0.3) is 5.76 Å². The monoisotopic (exact) mass is 532 g/mol. The van der Waals surface area contributed by atoms with Crippen molar-refractivity contribution in [2.75, 3.05) is 0 Å². The lowest BCUT2D eigenvalue weighted by molar-refractivity contribution is -0.140. The third-order valence-electron chi connectivity index (χ3n) is 7.32. The second kappa shape index (κ2) is 11.6. The van der Waals surface area contributed by atoms with Gasteiger partial charge in [0.2, 0.25) is 0 Å². The van der Waals surface area contributed by atoms with Gasteiger partial charge in [-0.15, -0.1) is 0 Å². The van der Waals surface area contributed by atoms with Crippen LogP contribution < -0.4 is 4.74 Å². The van der Waals surface area contributed by atoms with Gasteiger partial charge in [-0.1, -0.05) is 68.4 Å². The van der Waals surface area contributed by atoms with Gasteiger partial charge in [-0.05, 0) is 71.0 Å². The number of aliphatic hydroxyl groups is 1. The van der Waals surface area contributed by atoms with Gasteiger partial charge in [0.15, 0.2) is 0 Å². The van der Waals surface area contributed by atoms with E-state index in [1.54, 1.807) is 42.7 Å². The van der Waals surface area contributed by atoms with Crippen molar-refractivity contribution < 1.29 is 19.4 Å². The first kappa shape index (κ1) is 26.9. The van der Waals surface area contributed by atoms with Crippen molar-refractivity contribution in [1.82, 2.24) is 9.88 Å². The van der Waals surface area contributed by atoms with Gasteiger partial charge in [-0.2, -0.15) is 0 Å². The van der Waals surface area contributed by atoms with E-state index in [0.29, 0.717) is 23.8 Å². The summed E-state index contributed by atoms with van der Waals surface area (Å²) in [5, 5.41) is 11.4. The minimum absolute atomic E-state index is 0.0692. The van der Waals surface area contributed by atoms with Gasteiger partial charge < -0.3 is 14.7 Å². The highest BCUT2D eigenvalue weighted by molar-refractivity contribution is 6.46. The number of rotatable bonds is 8. The highest BCUT2D eigenvalue weighted by atomic mass is 16.5. The van der Waals surface area contributed by atoms with E-state index < -0.39 is 17.7 Å². The number of carbonyl (C=O) groups excluding carboxylic acids is 2. The number of aryl methyl sites for hydroxylation is 1. The summed E-state index contributed by atoms with van der Waals surface area (Å²) >= 11 is 0. The molecule has 0 spiro atoms. The van der Waals surface area contributed by atoms with Crippen LogP contribution in [0.1, 0.15) is 59.2 Å². The van der Waals surface area contributed by atoms with Crippen LogP contribution in [0.2, 0.25) is 0 Å². The van der Waals surface area contributed by atoms with E-state index >= 15 is 0 Å². The van der Waals surface area contributed by atoms with E-state index in [0.717, 1.165) is 27.8 Å². The Kier molecular flexibility index (Phi) is 7.78. The molecule has 1 atom stereocenters. The van der Waals surface area contributed by atoms with E-state index in [1.165, 1.54) is 4.90 Å². The molecule has 0 aliphatic carbocycles. The zero-order valence-electron chi connectivity index (χ0n) is 22.9. The Hall–Kier alpha value is -4.71. The number of likely N-dealkylation sites (tertiary alicyclic amines) is 1. The second-order valence-electron chi connectivity index (χ2n) is 10.3. The molecule has 1 aromatic heterocycles. The van der Waals surface area contributed by atoms with Crippen molar-refractivity contribution in [3.8, 4) is 5.75 Å². The van der Waals surface area contributed by atoms with Crippen LogP contribution in [-0.2, 0) is 22.7 Å². The molecule has 5 rings (SSSR count). The van der Waals surface area contributed by atoms with Crippen molar-refractivity contribution in [2.45, 2.75) is 45.9 Å². The summed E-state index contributed by atoms with van der Waals surface area (Å²) in [6, 6.07) is 25.7. The number of amides is 1. The third-order valence-corrected chi connectivity index (χ3v) is 7.32. The number of hydrogen-bond donors (Lipinski definition) is 1. The van der Waals surface area contributed by atoms with Crippen molar-refractivity contribution in [1.29, 1.82) is 0 Å². The molecule has 1 amide bonds. The van der Waals surface area contributed by atoms with Gasteiger partial charge in [-0.3, -0.25) is 14.6 Å². The summed E-state index contributed by atoms with van der Waals surface area (Å²) in [7, 11) is 0. The minimum Gasteiger partial charge on any atom is -0.507 e. The van der Waals surface area contributed by atoms with E-state index in [2.05, 4.69) is 18.8 Å². The first-order chi connectivity index (χ1) is 19.3. The Balaban J connectivity index is 1.48. The van der Waals surface area contributed by atoms with Crippen LogP contribution in [0.5, 0.6) is 5.75 Å². The van der Waals surface area contributed by atoms with Gasteiger partial charge >= 0.3 is 0 Å². The number of pyridine rings is 1. The molecule has 6 nitrogen and oxygen atoms in total. The smallest absolute Gasteiger partial charge is 0.295 e. The van der Waals surface area contributed by atoms with E-state index in [4.69, 9.17) is 4.74 Å². The number of ether oxygens (including phenoxy) is 1.